The minimum absolute atomic E-state index is 0.307. The third kappa shape index (κ3) is 1.65. The standard InChI is InChI=1S/C7H9ClN2S/c1-7(2-3-7)10-6-9-5(8)4-11-6/h4H,2-3H2,1H3,(H,9,10). The summed E-state index contributed by atoms with van der Waals surface area (Å²) < 4.78 is 0. The Hall–Kier alpha value is -0.280. The molecule has 0 bridgehead atoms. The molecular formula is C7H9ClN2S. The van der Waals surface area contributed by atoms with Gasteiger partial charge in [0.05, 0.1) is 0 Å². The fourth-order valence-electron chi connectivity index (χ4n) is 0.882. The molecule has 0 aromatic carbocycles. The van der Waals surface area contributed by atoms with Crippen molar-refractivity contribution in [1.82, 2.24) is 4.98 Å². The molecule has 1 aromatic heterocycles. The van der Waals surface area contributed by atoms with Crippen LogP contribution in [0.4, 0.5) is 5.13 Å². The summed E-state index contributed by atoms with van der Waals surface area (Å²) in [6.45, 7) is 2.20. The number of rotatable bonds is 2. The molecule has 1 N–H and O–H groups in total. The molecule has 1 aromatic rings. The van der Waals surface area contributed by atoms with Crippen LogP contribution in [0.3, 0.4) is 0 Å². The molecule has 0 aliphatic heterocycles. The van der Waals surface area contributed by atoms with Gasteiger partial charge >= 0.3 is 0 Å². The third-order valence-corrected chi connectivity index (χ3v) is 2.97. The van der Waals surface area contributed by atoms with E-state index in [1.807, 2.05) is 5.38 Å². The normalized spacial score (nSPS) is 19.8. The van der Waals surface area contributed by atoms with E-state index in [9.17, 15) is 0 Å². The maximum Gasteiger partial charge on any atom is 0.184 e. The van der Waals surface area contributed by atoms with Gasteiger partial charge in [-0.1, -0.05) is 11.6 Å². The summed E-state index contributed by atoms with van der Waals surface area (Å²) in [5.74, 6) is 0. The smallest absolute Gasteiger partial charge is 0.184 e. The van der Waals surface area contributed by atoms with E-state index in [2.05, 4.69) is 17.2 Å². The maximum absolute atomic E-state index is 5.67. The number of nitrogens with one attached hydrogen (secondary N) is 1. The number of hydrogen-bond donors (Lipinski definition) is 1. The highest BCUT2D eigenvalue weighted by Crippen LogP contribution is 2.38. The van der Waals surface area contributed by atoms with Gasteiger partial charge < -0.3 is 5.32 Å². The summed E-state index contributed by atoms with van der Waals surface area (Å²) >= 11 is 7.23. The quantitative estimate of drug-likeness (QED) is 0.772. The Morgan fingerprint density at radius 1 is 1.73 bits per heavy atom. The summed E-state index contributed by atoms with van der Waals surface area (Å²) in [4.78, 5) is 4.11. The molecular weight excluding hydrogens is 180 g/mol. The zero-order chi connectivity index (χ0) is 7.90. The van der Waals surface area contributed by atoms with Crippen LogP contribution in [-0.4, -0.2) is 10.5 Å². The van der Waals surface area contributed by atoms with Gasteiger partial charge in [-0.25, -0.2) is 4.98 Å². The van der Waals surface area contributed by atoms with Crippen LogP contribution < -0.4 is 5.32 Å². The molecule has 0 unspecified atom stereocenters. The third-order valence-electron chi connectivity index (χ3n) is 1.88. The number of thiazole rings is 1. The van der Waals surface area contributed by atoms with Crippen LogP contribution in [0.25, 0.3) is 0 Å². The second kappa shape index (κ2) is 2.35. The van der Waals surface area contributed by atoms with Crippen molar-refractivity contribution in [2.24, 2.45) is 0 Å². The molecule has 2 rings (SSSR count). The SMILES string of the molecule is CC1(Nc2nc(Cl)cs2)CC1. The van der Waals surface area contributed by atoms with E-state index in [-0.39, 0.29) is 0 Å². The van der Waals surface area contributed by atoms with E-state index < -0.39 is 0 Å². The molecule has 0 amide bonds. The molecule has 11 heavy (non-hydrogen) atoms. The summed E-state index contributed by atoms with van der Waals surface area (Å²) in [5, 5.41) is 6.70. The van der Waals surface area contributed by atoms with Crippen LogP contribution in [0, 0.1) is 0 Å². The number of nitrogens with zero attached hydrogens (tertiary/aromatic N) is 1. The number of aromatic nitrogens is 1. The summed E-state index contributed by atoms with van der Waals surface area (Å²) in [6, 6.07) is 0. The van der Waals surface area contributed by atoms with E-state index in [4.69, 9.17) is 11.6 Å². The molecule has 0 saturated heterocycles. The van der Waals surface area contributed by atoms with Gasteiger partial charge in [-0.15, -0.1) is 11.3 Å². The van der Waals surface area contributed by atoms with Crippen LogP contribution in [0.15, 0.2) is 5.38 Å². The van der Waals surface area contributed by atoms with E-state index >= 15 is 0 Å². The molecule has 0 radical (unpaired) electrons. The summed E-state index contributed by atoms with van der Waals surface area (Å²) in [5.41, 5.74) is 0.307. The lowest BCUT2D eigenvalue weighted by atomic mass is 10.3. The Morgan fingerprint density at radius 3 is 2.91 bits per heavy atom. The molecule has 1 aliphatic carbocycles. The first-order valence-electron chi connectivity index (χ1n) is 3.57. The van der Waals surface area contributed by atoms with Gasteiger partial charge in [0.2, 0.25) is 0 Å². The Bertz CT molecular complexity index is 267. The molecule has 1 fully saturated rings. The van der Waals surface area contributed by atoms with Gasteiger partial charge in [-0.2, -0.15) is 0 Å². The predicted molar refractivity (Wildman–Crippen MR) is 48.4 cm³/mol. The molecule has 2 nitrogen and oxygen atoms in total. The zero-order valence-electron chi connectivity index (χ0n) is 6.22. The molecule has 60 valence electrons. The highest BCUT2D eigenvalue weighted by Gasteiger charge is 2.37. The average molecular weight is 189 g/mol. The van der Waals surface area contributed by atoms with Crippen LogP contribution >= 0.6 is 22.9 Å². The predicted octanol–water partition coefficient (Wildman–Crippen LogP) is 2.76. The van der Waals surface area contributed by atoms with Crippen LogP contribution in [0.1, 0.15) is 19.8 Å². The number of anilines is 1. The summed E-state index contributed by atoms with van der Waals surface area (Å²) in [7, 11) is 0. The van der Waals surface area contributed by atoms with Crippen molar-refractivity contribution in [2.45, 2.75) is 25.3 Å². The van der Waals surface area contributed by atoms with Crippen molar-refractivity contribution in [3.05, 3.63) is 10.5 Å². The van der Waals surface area contributed by atoms with Crippen molar-refractivity contribution in [2.75, 3.05) is 5.32 Å². The first kappa shape index (κ1) is 7.37. The van der Waals surface area contributed by atoms with Crippen LogP contribution in [0.5, 0.6) is 0 Å². The molecule has 1 aliphatic rings. The largest absolute Gasteiger partial charge is 0.356 e. The molecule has 1 heterocycles. The highest BCUT2D eigenvalue weighted by molar-refractivity contribution is 7.14. The maximum atomic E-state index is 5.67. The molecule has 4 heteroatoms. The minimum atomic E-state index is 0.307. The fourth-order valence-corrected chi connectivity index (χ4v) is 1.87. The van der Waals surface area contributed by atoms with Gasteiger partial charge in [0, 0.05) is 10.9 Å². The lowest BCUT2D eigenvalue weighted by molar-refractivity contribution is 0.827. The Morgan fingerprint density at radius 2 is 2.45 bits per heavy atom. The Labute approximate surface area is 74.6 Å². The number of halogens is 1. The van der Waals surface area contributed by atoms with E-state index in [0.717, 1.165) is 5.13 Å². The summed E-state index contributed by atoms with van der Waals surface area (Å²) in [6.07, 6.45) is 2.48. The first-order valence-corrected chi connectivity index (χ1v) is 4.83. The lowest BCUT2D eigenvalue weighted by Gasteiger charge is -2.08. The highest BCUT2D eigenvalue weighted by atomic mass is 35.5. The van der Waals surface area contributed by atoms with Gasteiger partial charge in [-0.05, 0) is 19.8 Å². The van der Waals surface area contributed by atoms with Crippen molar-refractivity contribution in [3.63, 3.8) is 0 Å². The van der Waals surface area contributed by atoms with Gasteiger partial charge in [-0.3, -0.25) is 0 Å². The second-order valence-corrected chi connectivity index (χ2v) is 4.41. The minimum Gasteiger partial charge on any atom is -0.356 e. The molecule has 0 atom stereocenters. The monoisotopic (exact) mass is 188 g/mol. The fraction of sp³-hybridized carbons (Fsp3) is 0.571. The Balaban J connectivity index is 2.06. The van der Waals surface area contributed by atoms with Crippen LogP contribution in [-0.2, 0) is 0 Å². The van der Waals surface area contributed by atoms with Crippen molar-refractivity contribution < 1.29 is 0 Å². The van der Waals surface area contributed by atoms with Crippen molar-refractivity contribution in [3.8, 4) is 0 Å². The first-order chi connectivity index (χ1) is 5.18. The van der Waals surface area contributed by atoms with Crippen molar-refractivity contribution >= 4 is 28.1 Å². The van der Waals surface area contributed by atoms with Crippen molar-refractivity contribution in [1.29, 1.82) is 0 Å². The van der Waals surface area contributed by atoms with Gasteiger partial charge in [0.15, 0.2) is 5.13 Å². The molecule has 0 spiro atoms. The van der Waals surface area contributed by atoms with E-state index in [1.54, 1.807) is 11.3 Å². The average Bonchev–Trinajstić information content (AvgIpc) is 2.49. The zero-order valence-corrected chi connectivity index (χ0v) is 7.80. The van der Waals surface area contributed by atoms with Gasteiger partial charge in [0.1, 0.15) is 5.15 Å². The van der Waals surface area contributed by atoms with Crippen LogP contribution in [0.2, 0.25) is 5.15 Å². The van der Waals surface area contributed by atoms with Gasteiger partial charge in [0.25, 0.3) is 0 Å². The lowest BCUT2D eigenvalue weighted by Crippen LogP contribution is -2.15. The number of hydrogen-bond acceptors (Lipinski definition) is 3. The molecule has 1 saturated carbocycles. The van der Waals surface area contributed by atoms with E-state index in [0.29, 0.717) is 10.7 Å². The van der Waals surface area contributed by atoms with E-state index in [1.165, 1.54) is 12.8 Å². The topological polar surface area (TPSA) is 24.9 Å². The Kier molecular flexibility index (Phi) is 1.58. The second-order valence-electron chi connectivity index (χ2n) is 3.16.